The molecule has 1 aromatic rings. The molecular formula is C5H8N2O. The lowest BCUT2D eigenvalue weighted by Crippen LogP contribution is -1.82. The van der Waals surface area contributed by atoms with Crippen LogP contribution in [-0.2, 0) is 0 Å². The first kappa shape index (κ1) is 5.15. The Balaban J connectivity index is 3.14. The maximum Gasteiger partial charge on any atom is 0.214 e. The number of aromatic nitrogens is 1. The second-order valence-electron chi connectivity index (χ2n) is 1.68. The zero-order chi connectivity index (χ0) is 6.15. The molecule has 1 rings (SSSR count). The van der Waals surface area contributed by atoms with Gasteiger partial charge in [0.1, 0.15) is 5.69 Å². The number of rotatable bonds is 0. The molecule has 3 heteroatoms. The van der Waals surface area contributed by atoms with Gasteiger partial charge in [0.15, 0.2) is 5.89 Å². The molecule has 0 fully saturated rings. The first-order valence-electron chi connectivity index (χ1n) is 2.39. The highest BCUT2D eigenvalue weighted by Crippen LogP contribution is 2.09. The SMILES string of the molecule is Cc1nc(C)c(N)o1. The molecule has 0 aliphatic rings. The third kappa shape index (κ3) is 0.665. The number of hydrogen-bond acceptors (Lipinski definition) is 3. The van der Waals surface area contributed by atoms with Crippen molar-refractivity contribution in [3.63, 3.8) is 0 Å². The van der Waals surface area contributed by atoms with E-state index in [1.165, 1.54) is 0 Å². The van der Waals surface area contributed by atoms with Gasteiger partial charge in [0.05, 0.1) is 0 Å². The molecule has 0 saturated carbocycles. The van der Waals surface area contributed by atoms with Crippen LogP contribution in [0.2, 0.25) is 0 Å². The van der Waals surface area contributed by atoms with Gasteiger partial charge in [-0.05, 0) is 6.92 Å². The fraction of sp³-hybridized carbons (Fsp3) is 0.400. The molecule has 1 aromatic heterocycles. The van der Waals surface area contributed by atoms with Gasteiger partial charge in [-0.3, -0.25) is 0 Å². The van der Waals surface area contributed by atoms with Gasteiger partial charge in [0, 0.05) is 6.92 Å². The lowest BCUT2D eigenvalue weighted by atomic mass is 10.5. The van der Waals surface area contributed by atoms with Gasteiger partial charge in [-0.15, -0.1) is 0 Å². The van der Waals surface area contributed by atoms with Crippen LogP contribution in [0.3, 0.4) is 0 Å². The van der Waals surface area contributed by atoms with Crippen LogP contribution in [0.1, 0.15) is 11.6 Å². The van der Waals surface area contributed by atoms with Crippen LogP contribution < -0.4 is 5.73 Å². The number of aryl methyl sites for hydroxylation is 2. The second-order valence-corrected chi connectivity index (χ2v) is 1.68. The Labute approximate surface area is 47.5 Å². The van der Waals surface area contributed by atoms with E-state index in [1.54, 1.807) is 6.92 Å². The third-order valence-electron chi connectivity index (χ3n) is 0.939. The normalized spacial score (nSPS) is 9.75. The van der Waals surface area contributed by atoms with Gasteiger partial charge in [-0.2, -0.15) is 0 Å². The van der Waals surface area contributed by atoms with Crippen molar-refractivity contribution in [2.45, 2.75) is 13.8 Å². The molecule has 0 amide bonds. The quantitative estimate of drug-likeness (QED) is 0.541. The van der Waals surface area contributed by atoms with Crippen LogP contribution in [0, 0.1) is 13.8 Å². The highest BCUT2D eigenvalue weighted by Gasteiger charge is 1.98. The average Bonchev–Trinajstić information content (AvgIpc) is 1.85. The predicted molar refractivity (Wildman–Crippen MR) is 30.4 cm³/mol. The summed E-state index contributed by atoms with van der Waals surface area (Å²) in [5.41, 5.74) is 6.08. The summed E-state index contributed by atoms with van der Waals surface area (Å²) in [6.07, 6.45) is 0. The summed E-state index contributed by atoms with van der Waals surface area (Å²) in [4.78, 5) is 3.92. The molecule has 8 heavy (non-hydrogen) atoms. The maximum absolute atomic E-state index is 5.31. The van der Waals surface area contributed by atoms with Crippen LogP contribution >= 0.6 is 0 Å². The Morgan fingerprint density at radius 3 is 2.25 bits per heavy atom. The Morgan fingerprint density at radius 2 is 2.12 bits per heavy atom. The van der Waals surface area contributed by atoms with Gasteiger partial charge < -0.3 is 10.2 Å². The van der Waals surface area contributed by atoms with Crippen molar-refractivity contribution in [1.82, 2.24) is 4.98 Å². The van der Waals surface area contributed by atoms with Crippen molar-refractivity contribution in [3.8, 4) is 0 Å². The van der Waals surface area contributed by atoms with Crippen molar-refractivity contribution in [1.29, 1.82) is 0 Å². The van der Waals surface area contributed by atoms with E-state index in [1.807, 2.05) is 6.92 Å². The lowest BCUT2D eigenvalue weighted by molar-refractivity contribution is 0.539. The minimum absolute atomic E-state index is 0.419. The molecule has 0 bridgehead atoms. The van der Waals surface area contributed by atoms with Crippen LogP contribution in [0.15, 0.2) is 4.42 Å². The Bertz CT molecular complexity index is 173. The molecule has 0 atom stereocenters. The number of nitrogen functional groups attached to an aromatic ring is 1. The highest BCUT2D eigenvalue weighted by molar-refractivity contribution is 5.28. The number of hydrogen-bond donors (Lipinski definition) is 1. The summed E-state index contributed by atoms with van der Waals surface area (Å²) in [7, 11) is 0. The van der Waals surface area contributed by atoms with Crippen LogP contribution in [0.25, 0.3) is 0 Å². The van der Waals surface area contributed by atoms with Crippen LogP contribution in [0.4, 0.5) is 5.88 Å². The van der Waals surface area contributed by atoms with Crippen molar-refractivity contribution in [2.75, 3.05) is 5.73 Å². The zero-order valence-corrected chi connectivity index (χ0v) is 4.93. The van der Waals surface area contributed by atoms with E-state index < -0.39 is 0 Å². The predicted octanol–water partition coefficient (Wildman–Crippen LogP) is 0.874. The van der Waals surface area contributed by atoms with E-state index in [0.29, 0.717) is 11.8 Å². The van der Waals surface area contributed by atoms with E-state index >= 15 is 0 Å². The fourth-order valence-corrected chi connectivity index (χ4v) is 0.547. The summed E-state index contributed by atoms with van der Waals surface area (Å²) in [6.45, 7) is 3.58. The lowest BCUT2D eigenvalue weighted by Gasteiger charge is -1.78. The largest absolute Gasteiger partial charge is 0.426 e. The summed E-state index contributed by atoms with van der Waals surface area (Å²) in [5.74, 6) is 1.04. The van der Waals surface area contributed by atoms with Gasteiger partial charge in [0.25, 0.3) is 0 Å². The number of anilines is 1. The first-order valence-corrected chi connectivity index (χ1v) is 2.39. The number of nitrogens with zero attached hydrogens (tertiary/aromatic N) is 1. The fourth-order valence-electron chi connectivity index (χ4n) is 0.547. The first-order chi connectivity index (χ1) is 3.70. The summed E-state index contributed by atoms with van der Waals surface area (Å²) in [5, 5.41) is 0. The zero-order valence-electron chi connectivity index (χ0n) is 4.93. The van der Waals surface area contributed by atoms with Crippen molar-refractivity contribution in [2.24, 2.45) is 0 Å². The molecule has 0 saturated heterocycles. The minimum Gasteiger partial charge on any atom is -0.426 e. The smallest absolute Gasteiger partial charge is 0.214 e. The number of oxazole rings is 1. The van der Waals surface area contributed by atoms with E-state index in [9.17, 15) is 0 Å². The van der Waals surface area contributed by atoms with Gasteiger partial charge >= 0.3 is 0 Å². The maximum atomic E-state index is 5.31. The van der Waals surface area contributed by atoms with Crippen molar-refractivity contribution >= 4 is 5.88 Å². The third-order valence-corrected chi connectivity index (χ3v) is 0.939. The summed E-state index contributed by atoms with van der Waals surface area (Å²) in [6, 6.07) is 0. The van der Waals surface area contributed by atoms with Gasteiger partial charge in [-0.1, -0.05) is 0 Å². The molecule has 3 nitrogen and oxygen atoms in total. The molecule has 0 aliphatic carbocycles. The van der Waals surface area contributed by atoms with Crippen molar-refractivity contribution in [3.05, 3.63) is 11.6 Å². The van der Waals surface area contributed by atoms with E-state index in [2.05, 4.69) is 4.98 Å². The molecule has 2 N–H and O–H groups in total. The molecule has 44 valence electrons. The van der Waals surface area contributed by atoms with E-state index in [4.69, 9.17) is 10.2 Å². The molecule has 0 aromatic carbocycles. The monoisotopic (exact) mass is 112 g/mol. The second kappa shape index (κ2) is 1.51. The summed E-state index contributed by atoms with van der Waals surface area (Å²) < 4.78 is 4.88. The topological polar surface area (TPSA) is 52.0 Å². The standard InChI is InChI=1S/C5H8N2O/c1-3-5(6)8-4(2)7-3/h6H2,1-2H3. The minimum atomic E-state index is 0.419. The number of nitrogens with two attached hydrogens (primary N) is 1. The van der Waals surface area contributed by atoms with Gasteiger partial charge in [0.2, 0.25) is 5.88 Å². The Morgan fingerprint density at radius 1 is 1.50 bits per heavy atom. The Kier molecular flexibility index (Phi) is 0.970. The molecular weight excluding hydrogens is 104 g/mol. The van der Waals surface area contributed by atoms with Crippen LogP contribution in [-0.4, -0.2) is 4.98 Å². The summed E-state index contributed by atoms with van der Waals surface area (Å²) >= 11 is 0. The molecule has 0 radical (unpaired) electrons. The highest BCUT2D eigenvalue weighted by atomic mass is 16.4. The molecule has 1 heterocycles. The average molecular weight is 112 g/mol. The van der Waals surface area contributed by atoms with Crippen LogP contribution in [0.5, 0.6) is 0 Å². The molecule has 0 spiro atoms. The molecule has 0 unspecified atom stereocenters. The van der Waals surface area contributed by atoms with E-state index in [0.717, 1.165) is 5.69 Å². The Hall–Kier alpha value is -0.990. The van der Waals surface area contributed by atoms with Gasteiger partial charge in [-0.25, -0.2) is 4.98 Å². The van der Waals surface area contributed by atoms with Crippen molar-refractivity contribution < 1.29 is 4.42 Å². The molecule has 0 aliphatic heterocycles. The van der Waals surface area contributed by atoms with E-state index in [-0.39, 0.29) is 0 Å².